The van der Waals surface area contributed by atoms with Crippen LogP contribution >= 0.6 is 11.3 Å². The lowest BCUT2D eigenvalue weighted by Gasteiger charge is -2.07. The Hall–Kier alpha value is -2.41. The summed E-state index contributed by atoms with van der Waals surface area (Å²) in [4.78, 5) is 26.6. The van der Waals surface area contributed by atoms with Crippen LogP contribution in [0.4, 0.5) is 5.69 Å². The molecule has 0 atom stereocenters. The predicted octanol–water partition coefficient (Wildman–Crippen LogP) is 1.66. The fraction of sp³-hybridized carbons (Fsp3) is 0.154. The maximum Gasteiger partial charge on any atom is 0.355 e. The molecule has 104 valence electrons. The summed E-state index contributed by atoms with van der Waals surface area (Å²) in [7, 11) is 0. The van der Waals surface area contributed by atoms with Crippen LogP contribution in [0.1, 0.15) is 31.4 Å². The zero-order valence-electron chi connectivity index (χ0n) is 10.7. The number of carbonyl (C=O) groups is 2. The van der Waals surface area contributed by atoms with Crippen LogP contribution in [-0.2, 0) is 6.54 Å². The smallest absolute Gasteiger partial charge is 0.355 e. The SMILES string of the molecule is Cc1ccc(N)c(C(=O)NCc2nc(C(=O)O)cs2)c1. The van der Waals surface area contributed by atoms with E-state index in [4.69, 9.17) is 10.8 Å². The van der Waals surface area contributed by atoms with Crippen molar-refractivity contribution in [3.8, 4) is 0 Å². The van der Waals surface area contributed by atoms with Crippen LogP contribution < -0.4 is 11.1 Å². The Morgan fingerprint density at radius 1 is 1.45 bits per heavy atom. The van der Waals surface area contributed by atoms with Gasteiger partial charge in [-0.2, -0.15) is 0 Å². The molecule has 2 aromatic rings. The highest BCUT2D eigenvalue weighted by Crippen LogP contribution is 2.14. The van der Waals surface area contributed by atoms with Crippen molar-refractivity contribution in [1.29, 1.82) is 0 Å². The van der Waals surface area contributed by atoms with Gasteiger partial charge < -0.3 is 16.2 Å². The molecule has 1 aromatic carbocycles. The number of aromatic nitrogens is 1. The highest BCUT2D eigenvalue weighted by atomic mass is 32.1. The van der Waals surface area contributed by atoms with Crippen molar-refractivity contribution in [3.05, 3.63) is 45.4 Å². The second kappa shape index (κ2) is 5.70. The lowest BCUT2D eigenvalue weighted by atomic mass is 10.1. The van der Waals surface area contributed by atoms with Crippen molar-refractivity contribution in [2.45, 2.75) is 13.5 Å². The minimum atomic E-state index is -1.08. The van der Waals surface area contributed by atoms with Gasteiger partial charge in [0.05, 0.1) is 12.1 Å². The van der Waals surface area contributed by atoms with Gasteiger partial charge in [-0.15, -0.1) is 11.3 Å². The highest BCUT2D eigenvalue weighted by molar-refractivity contribution is 7.09. The number of anilines is 1. The number of aromatic carboxylic acids is 1. The van der Waals surface area contributed by atoms with E-state index in [2.05, 4.69) is 10.3 Å². The standard InChI is InChI=1S/C13H13N3O3S/c1-7-2-3-9(14)8(4-7)12(17)15-5-11-16-10(6-20-11)13(18)19/h2-4,6H,5,14H2,1H3,(H,15,17)(H,18,19). The zero-order valence-corrected chi connectivity index (χ0v) is 11.5. The van der Waals surface area contributed by atoms with Crippen molar-refractivity contribution in [3.63, 3.8) is 0 Å². The molecule has 1 aromatic heterocycles. The number of hydrogen-bond acceptors (Lipinski definition) is 5. The van der Waals surface area contributed by atoms with E-state index in [1.165, 1.54) is 16.7 Å². The van der Waals surface area contributed by atoms with E-state index in [1.807, 2.05) is 13.0 Å². The predicted molar refractivity (Wildman–Crippen MR) is 75.8 cm³/mol. The molecule has 2 rings (SSSR count). The monoisotopic (exact) mass is 291 g/mol. The van der Waals surface area contributed by atoms with Gasteiger partial charge in [-0.3, -0.25) is 4.79 Å². The molecule has 0 saturated heterocycles. The molecule has 0 radical (unpaired) electrons. The van der Waals surface area contributed by atoms with Gasteiger partial charge in [0.2, 0.25) is 0 Å². The van der Waals surface area contributed by atoms with Crippen molar-refractivity contribution >= 4 is 28.9 Å². The lowest BCUT2D eigenvalue weighted by molar-refractivity contribution is 0.0691. The number of aryl methyl sites for hydroxylation is 1. The summed E-state index contributed by atoms with van der Waals surface area (Å²) < 4.78 is 0. The Bertz CT molecular complexity index is 667. The van der Waals surface area contributed by atoms with Gasteiger partial charge >= 0.3 is 5.97 Å². The Labute approximate surface area is 119 Å². The van der Waals surface area contributed by atoms with E-state index in [1.54, 1.807) is 12.1 Å². The van der Waals surface area contributed by atoms with Gasteiger partial charge in [-0.25, -0.2) is 9.78 Å². The molecular formula is C13H13N3O3S. The first kappa shape index (κ1) is 14.0. The van der Waals surface area contributed by atoms with Gasteiger partial charge in [-0.1, -0.05) is 11.6 Å². The number of nitrogens with zero attached hydrogens (tertiary/aromatic N) is 1. The van der Waals surface area contributed by atoms with E-state index in [-0.39, 0.29) is 18.1 Å². The Morgan fingerprint density at radius 2 is 2.20 bits per heavy atom. The third-order valence-electron chi connectivity index (χ3n) is 2.62. The molecule has 0 aliphatic carbocycles. The molecule has 0 bridgehead atoms. The summed E-state index contributed by atoms with van der Waals surface area (Å²) in [6.07, 6.45) is 0. The van der Waals surface area contributed by atoms with E-state index in [9.17, 15) is 9.59 Å². The maximum atomic E-state index is 12.0. The molecule has 0 unspecified atom stereocenters. The number of carboxylic acids is 1. The van der Waals surface area contributed by atoms with E-state index >= 15 is 0 Å². The molecular weight excluding hydrogens is 278 g/mol. The Morgan fingerprint density at radius 3 is 2.85 bits per heavy atom. The third-order valence-corrected chi connectivity index (χ3v) is 3.47. The van der Waals surface area contributed by atoms with Crippen LogP contribution in [0, 0.1) is 6.92 Å². The summed E-state index contributed by atoms with van der Waals surface area (Å²) in [5.74, 6) is -1.39. The Balaban J connectivity index is 2.04. The van der Waals surface area contributed by atoms with Gasteiger partial charge in [0.1, 0.15) is 5.01 Å². The summed E-state index contributed by atoms with van der Waals surface area (Å²) >= 11 is 1.18. The summed E-state index contributed by atoms with van der Waals surface area (Å²) in [5, 5.41) is 13.4. The van der Waals surface area contributed by atoms with Crippen molar-refractivity contribution in [2.24, 2.45) is 0 Å². The molecule has 1 amide bonds. The zero-order chi connectivity index (χ0) is 14.7. The second-order valence-corrected chi connectivity index (χ2v) is 5.15. The Kier molecular flexibility index (Phi) is 3.99. The molecule has 1 heterocycles. The van der Waals surface area contributed by atoms with Gasteiger partial charge in [-0.05, 0) is 19.1 Å². The van der Waals surface area contributed by atoms with Crippen LogP contribution in [0.2, 0.25) is 0 Å². The molecule has 4 N–H and O–H groups in total. The van der Waals surface area contributed by atoms with Gasteiger partial charge in [0.15, 0.2) is 5.69 Å². The average molecular weight is 291 g/mol. The average Bonchev–Trinajstić information content (AvgIpc) is 2.88. The third kappa shape index (κ3) is 3.12. The van der Waals surface area contributed by atoms with Crippen LogP contribution in [-0.4, -0.2) is 22.0 Å². The van der Waals surface area contributed by atoms with Crippen LogP contribution in [0.15, 0.2) is 23.6 Å². The first-order chi connectivity index (χ1) is 9.47. The molecule has 0 saturated carbocycles. The van der Waals surface area contributed by atoms with Crippen molar-refractivity contribution in [2.75, 3.05) is 5.73 Å². The normalized spacial score (nSPS) is 10.2. The first-order valence-corrected chi connectivity index (χ1v) is 6.67. The van der Waals surface area contributed by atoms with E-state index in [0.717, 1.165) is 5.56 Å². The topological polar surface area (TPSA) is 105 Å². The second-order valence-electron chi connectivity index (χ2n) is 4.21. The number of carbonyl (C=O) groups excluding carboxylic acids is 1. The fourth-order valence-electron chi connectivity index (χ4n) is 1.61. The molecule has 20 heavy (non-hydrogen) atoms. The van der Waals surface area contributed by atoms with Crippen molar-refractivity contribution in [1.82, 2.24) is 10.3 Å². The number of amides is 1. The van der Waals surface area contributed by atoms with Crippen LogP contribution in [0.5, 0.6) is 0 Å². The largest absolute Gasteiger partial charge is 0.476 e. The number of nitrogens with two attached hydrogens (primary N) is 1. The van der Waals surface area contributed by atoms with Crippen LogP contribution in [0.25, 0.3) is 0 Å². The number of nitrogens with one attached hydrogen (secondary N) is 1. The van der Waals surface area contributed by atoms with Gasteiger partial charge in [0, 0.05) is 11.1 Å². The molecule has 0 fully saturated rings. The van der Waals surface area contributed by atoms with E-state index < -0.39 is 5.97 Å². The van der Waals surface area contributed by atoms with Crippen LogP contribution in [0.3, 0.4) is 0 Å². The molecule has 0 spiro atoms. The van der Waals surface area contributed by atoms with Crippen molar-refractivity contribution < 1.29 is 14.7 Å². The minimum absolute atomic E-state index is 0.0191. The number of thiazole rings is 1. The molecule has 0 aliphatic rings. The number of benzene rings is 1. The first-order valence-electron chi connectivity index (χ1n) is 5.79. The van der Waals surface area contributed by atoms with Gasteiger partial charge in [0.25, 0.3) is 5.91 Å². The number of nitrogen functional groups attached to an aromatic ring is 1. The molecule has 0 aliphatic heterocycles. The highest BCUT2D eigenvalue weighted by Gasteiger charge is 2.12. The quantitative estimate of drug-likeness (QED) is 0.743. The number of hydrogen-bond donors (Lipinski definition) is 3. The minimum Gasteiger partial charge on any atom is -0.476 e. The molecule has 7 heteroatoms. The lowest BCUT2D eigenvalue weighted by Crippen LogP contribution is -2.24. The summed E-state index contributed by atoms with van der Waals surface area (Å²) in [6.45, 7) is 2.04. The maximum absolute atomic E-state index is 12.0. The van der Waals surface area contributed by atoms with E-state index in [0.29, 0.717) is 16.3 Å². The number of carboxylic acid groups (broad SMARTS) is 1. The number of rotatable bonds is 4. The molecule has 6 nitrogen and oxygen atoms in total. The summed E-state index contributed by atoms with van der Waals surface area (Å²) in [6, 6.07) is 5.21. The fourth-order valence-corrected chi connectivity index (χ4v) is 2.32. The summed E-state index contributed by atoms with van der Waals surface area (Å²) in [5.41, 5.74) is 7.47.